The van der Waals surface area contributed by atoms with Crippen LogP contribution in [0.15, 0.2) is 24.3 Å². The Bertz CT molecular complexity index is 446. The lowest BCUT2D eigenvalue weighted by Gasteiger charge is -2.01. The van der Waals surface area contributed by atoms with E-state index in [1.807, 2.05) is 0 Å². The van der Waals surface area contributed by atoms with Crippen molar-refractivity contribution in [2.75, 3.05) is 5.75 Å². The summed E-state index contributed by atoms with van der Waals surface area (Å²) in [7, 11) is 0. The summed E-state index contributed by atoms with van der Waals surface area (Å²) in [4.78, 5) is 10.6. The minimum Gasteiger partial charge on any atom is -0.288 e. The summed E-state index contributed by atoms with van der Waals surface area (Å²) in [6, 6.07) is 6.20. The lowest BCUT2D eigenvalue weighted by atomic mass is 10.1. The van der Waals surface area contributed by atoms with Crippen molar-refractivity contribution in [1.29, 1.82) is 0 Å². The average molecular weight is 254 g/mol. The fourth-order valence-electron chi connectivity index (χ4n) is 1.20. The van der Waals surface area contributed by atoms with Crippen molar-refractivity contribution >= 4 is 16.9 Å². The summed E-state index contributed by atoms with van der Waals surface area (Å²) in [5.41, 5.74) is 0.314. The van der Waals surface area contributed by atoms with Gasteiger partial charge in [-0.05, 0) is 6.07 Å². The monoisotopic (exact) mass is 254 g/mol. The van der Waals surface area contributed by atoms with E-state index in [1.165, 1.54) is 24.8 Å². The molecule has 0 aliphatic carbocycles. The molecule has 0 aliphatic rings. The molecule has 0 radical (unpaired) electrons. The number of rotatable bonds is 3. The number of carbonyl (C=O) groups excluding carboxylic acids is 1. The van der Waals surface area contributed by atoms with E-state index in [2.05, 4.69) is 11.8 Å². The van der Waals surface area contributed by atoms with Crippen molar-refractivity contribution < 1.29 is 13.6 Å². The minimum absolute atomic E-state index is 0.0415. The second-order valence-corrected chi connectivity index (χ2v) is 4.55. The van der Waals surface area contributed by atoms with Gasteiger partial charge < -0.3 is 0 Å². The number of alkyl halides is 2. The number of benzene rings is 1. The van der Waals surface area contributed by atoms with Crippen LogP contribution in [0.1, 0.15) is 30.9 Å². The number of hydrogen-bond acceptors (Lipinski definition) is 2. The van der Waals surface area contributed by atoms with Crippen molar-refractivity contribution in [2.45, 2.75) is 19.8 Å². The Morgan fingerprint density at radius 1 is 1.41 bits per heavy atom. The highest BCUT2D eigenvalue weighted by Gasteiger charge is 2.09. The lowest BCUT2D eigenvalue weighted by molar-refractivity contribution is -0.109. The predicted molar refractivity (Wildman–Crippen MR) is 66.0 cm³/mol. The van der Waals surface area contributed by atoms with Crippen LogP contribution in [0, 0.1) is 11.8 Å². The van der Waals surface area contributed by atoms with Crippen LogP contribution in [0.4, 0.5) is 8.78 Å². The highest BCUT2D eigenvalue weighted by Crippen LogP contribution is 2.21. The van der Waals surface area contributed by atoms with Gasteiger partial charge in [0, 0.05) is 30.2 Å². The van der Waals surface area contributed by atoms with Gasteiger partial charge in [-0.1, -0.05) is 41.8 Å². The molecule has 0 spiro atoms. The van der Waals surface area contributed by atoms with Gasteiger partial charge in [0.1, 0.15) is 0 Å². The number of halogens is 2. The Labute approximate surface area is 104 Å². The SMILES string of the molecule is CC(=O)SCCC#Cc1ccccc1C(F)F. The molecule has 1 rings (SSSR count). The van der Waals surface area contributed by atoms with E-state index in [0.717, 1.165) is 0 Å². The Morgan fingerprint density at radius 2 is 2.12 bits per heavy atom. The molecule has 0 aliphatic heterocycles. The molecule has 17 heavy (non-hydrogen) atoms. The van der Waals surface area contributed by atoms with Crippen LogP contribution < -0.4 is 0 Å². The molecule has 0 atom stereocenters. The van der Waals surface area contributed by atoms with Gasteiger partial charge in [0.05, 0.1) is 0 Å². The van der Waals surface area contributed by atoms with E-state index in [4.69, 9.17) is 0 Å². The number of thioether (sulfide) groups is 1. The van der Waals surface area contributed by atoms with E-state index in [0.29, 0.717) is 17.7 Å². The van der Waals surface area contributed by atoms with Gasteiger partial charge in [0.25, 0.3) is 6.43 Å². The summed E-state index contributed by atoms with van der Waals surface area (Å²) in [6.45, 7) is 1.49. The topological polar surface area (TPSA) is 17.1 Å². The van der Waals surface area contributed by atoms with Crippen molar-refractivity contribution in [3.8, 4) is 11.8 Å². The molecule has 4 heteroatoms. The molecule has 0 fully saturated rings. The molecule has 0 saturated carbocycles. The van der Waals surface area contributed by atoms with Crippen LogP contribution in [0.3, 0.4) is 0 Å². The molecule has 0 aromatic heterocycles. The summed E-state index contributed by atoms with van der Waals surface area (Å²) in [5, 5.41) is 0.0415. The van der Waals surface area contributed by atoms with Crippen LogP contribution in [0.2, 0.25) is 0 Å². The zero-order valence-electron chi connectivity index (χ0n) is 9.37. The Kier molecular flexibility index (Phi) is 5.71. The highest BCUT2D eigenvalue weighted by molar-refractivity contribution is 8.13. The minimum atomic E-state index is -2.51. The quantitative estimate of drug-likeness (QED) is 0.605. The summed E-state index contributed by atoms with van der Waals surface area (Å²) >= 11 is 1.19. The molecule has 1 aromatic carbocycles. The Hall–Kier alpha value is -1.34. The molecular weight excluding hydrogens is 242 g/mol. The van der Waals surface area contributed by atoms with E-state index in [9.17, 15) is 13.6 Å². The van der Waals surface area contributed by atoms with Crippen molar-refractivity contribution in [3.63, 3.8) is 0 Å². The molecule has 1 aromatic rings. The highest BCUT2D eigenvalue weighted by atomic mass is 32.2. The standard InChI is InChI=1S/C13H12F2OS/c1-10(16)17-9-5-4-7-11-6-2-3-8-12(11)13(14)15/h2-3,6,8,13H,5,9H2,1H3. The molecule has 0 saturated heterocycles. The van der Waals surface area contributed by atoms with E-state index in [-0.39, 0.29) is 10.7 Å². The van der Waals surface area contributed by atoms with E-state index >= 15 is 0 Å². The fraction of sp³-hybridized carbons (Fsp3) is 0.308. The smallest absolute Gasteiger partial charge is 0.265 e. The lowest BCUT2D eigenvalue weighted by Crippen LogP contribution is -1.89. The maximum atomic E-state index is 12.6. The van der Waals surface area contributed by atoms with Crippen molar-refractivity contribution in [2.24, 2.45) is 0 Å². The Morgan fingerprint density at radius 3 is 2.76 bits per heavy atom. The zero-order valence-corrected chi connectivity index (χ0v) is 10.2. The third kappa shape index (κ3) is 5.01. The van der Waals surface area contributed by atoms with E-state index < -0.39 is 6.43 Å². The summed E-state index contributed by atoms with van der Waals surface area (Å²) in [6.07, 6.45) is -1.99. The maximum absolute atomic E-state index is 12.6. The van der Waals surface area contributed by atoms with Gasteiger partial charge in [0.15, 0.2) is 5.12 Å². The summed E-state index contributed by atoms with van der Waals surface area (Å²) < 4.78 is 25.2. The normalized spacial score (nSPS) is 9.88. The predicted octanol–water partition coefficient (Wildman–Crippen LogP) is 3.65. The van der Waals surface area contributed by atoms with Gasteiger partial charge in [-0.2, -0.15) is 0 Å². The first-order chi connectivity index (χ1) is 8.11. The van der Waals surface area contributed by atoms with Crippen LogP contribution in [0.25, 0.3) is 0 Å². The first-order valence-electron chi connectivity index (χ1n) is 5.10. The molecule has 0 unspecified atom stereocenters. The van der Waals surface area contributed by atoms with Crippen LogP contribution in [0.5, 0.6) is 0 Å². The van der Waals surface area contributed by atoms with Gasteiger partial charge in [-0.25, -0.2) is 8.78 Å². The maximum Gasteiger partial charge on any atom is 0.265 e. The third-order valence-corrected chi connectivity index (χ3v) is 2.77. The third-order valence-electron chi connectivity index (χ3n) is 1.95. The van der Waals surface area contributed by atoms with Gasteiger partial charge in [-0.3, -0.25) is 4.79 Å². The van der Waals surface area contributed by atoms with E-state index in [1.54, 1.807) is 18.2 Å². The second-order valence-electron chi connectivity index (χ2n) is 3.28. The molecule has 90 valence electrons. The van der Waals surface area contributed by atoms with Crippen molar-refractivity contribution in [3.05, 3.63) is 35.4 Å². The number of hydrogen-bond donors (Lipinski definition) is 0. The van der Waals surface area contributed by atoms with Gasteiger partial charge in [0.2, 0.25) is 0 Å². The average Bonchev–Trinajstić information content (AvgIpc) is 2.28. The van der Waals surface area contributed by atoms with Gasteiger partial charge >= 0.3 is 0 Å². The first kappa shape index (κ1) is 13.7. The molecule has 0 N–H and O–H groups in total. The Balaban J connectivity index is 2.62. The molecule has 0 bridgehead atoms. The van der Waals surface area contributed by atoms with Gasteiger partial charge in [-0.15, -0.1) is 0 Å². The van der Waals surface area contributed by atoms with Crippen LogP contribution in [-0.4, -0.2) is 10.9 Å². The number of carbonyl (C=O) groups is 1. The van der Waals surface area contributed by atoms with Crippen molar-refractivity contribution in [1.82, 2.24) is 0 Å². The van der Waals surface area contributed by atoms with Crippen LogP contribution in [-0.2, 0) is 4.79 Å². The first-order valence-corrected chi connectivity index (χ1v) is 6.09. The van der Waals surface area contributed by atoms with Crippen LogP contribution >= 0.6 is 11.8 Å². The second kappa shape index (κ2) is 7.08. The zero-order chi connectivity index (χ0) is 12.7. The fourth-order valence-corrected chi connectivity index (χ4v) is 1.70. The molecule has 1 nitrogen and oxygen atoms in total. The molecule has 0 heterocycles. The molecule has 0 amide bonds. The largest absolute Gasteiger partial charge is 0.288 e. The molecular formula is C13H12F2OS. The summed E-state index contributed by atoms with van der Waals surface area (Å²) in [5.74, 6) is 6.11.